The van der Waals surface area contributed by atoms with Gasteiger partial charge in [0, 0.05) is 0 Å². The second-order valence-electron chi connectivity index (χ2n) is 1.80. The molecule has 62 valence electrons. The first-order valence-electron chi connectivity index (χ1n) is 2.82. The van der Waals surface area contributed by atoms with Crippen molar-refractivity contribution >= 4 is 5.69 Å². The van der Waals surface area contributed by atoms with Crippen LogP contribution in [-0.4, -0.2) is 0 Å². The maximum absolute atomic E-state index is 11.5. The van der Waals surface area contributed by atoms with Gasteiger partial charge >= 0.3 is 31.1 Å². The van der Waals surface area contributed by atoms with Gasteiger partial charge in [0.15, 0.2) is 6.61 Å². The first-order valence-corrected chi connectivity index (χ1v) is 2.82. The minimum absolute atomic E-state index is 0. The number of rotatable bonds is 2. The van der Waals surface area contributed by atoms with E-state index < -0.39 is 6.61 Å². The minimum Gasteiger partial charge on any atom is -0.618 e. The topological polar surface area (TPSA) is 35.2 Å². The van der Waals surface area contributed by atoms with Crippen molar-refractivity contribution in [1.82, 2.24) is 0 Å². The zero-order valence-electron chi connectivity index (χ0n) is 5.97. The first kappa shape index (κ1) is 11.7. The number of nitrogens with two attached hydrogens (primary N) is 1. The molecule has 12 heavy (non-hydrogen) atoms. The van der Waals surface area contributed by atoms with Crippen molar-refractivity contribution in [2.45, 2.75) is 0 Å². The van der Waals surface area contributed by atoms with Crippen LogP contribution in [0.4, 0.5) is 14.5 Å². The van der Waals surface area contributed by atoms with E-state index in [1.165, 1.54) is 18.2 Å². The Morgan fingerprint density at radius 1 is 1.42 bits per heavy atom. The molecule has 0 spiro atoms. The van der Waals surface area contributed by atoms with Crippen molar-refractivity contribution in [3.63, 3.8) is 0 Å². The third-order valence-electron chi connectivity index (χ3n) is 0.978. The Hall–Kier alpha value is -0.268. The predicted octanol–water partition coefficient (Wildman–Crippen LogP) is 1.83. The zero-order valence-corrected chi connectivity index (χ0v) is 10.1. The molecule has 1 rings (SSSR count). The third-order valence-corrected chi connectivity index (χ3v) is 0.978. The van der Waals surface area contributed by atoms with Crippen LogP contribution in [-0.2, 0) is 0 Å². The van der Waals surface area contributed by atoms with Crippen LogP contribution in [0.1, 0.15) is 0 Å². The fourth-order valence-corrected chi connectivity index (χ4v) is 0.607. The molecule has 0 atom stereocenters. The van der Waals surface area contributed by atoms with Crippen LogP contribution in [0.3, 0.4) is 0 Å². The number of benzene rings is 1. The molecule has 1 aromatic rings. The second-order valence-corrected chi connectivity index (χ2v) is 1.80. The van der Waals surface area contributed by atoms with Crippen molar-refractivity contribution in [2.75, 3.05) is 5.73 Å². The fourth-order valence-electron chi connectivity index (χ4n) is 0.607. The Morgan fingerprint density at radius 2 is 2.08 bits per heavy atom. The molecule has 1 aromatic carbocycles. The number of anilines is 1. The van der Waals surface area contributed by atoms with Crippen molar-refractivity contribution in [3.05, 3.63) is 30.9 Å². The zero-order chi connectivity index (χ0) is 8.27. The molecule has 0 unspecified atom stereocenters. The molecule has 0 aliphatic heterocycles. The maximum atomic E-state index is 11.5. The summed E-state index contributed by atoms with van der Waals surface area (Å²) >= 11 is 0. The van der Waals surface area contributed by atoms with E-state index in [1.54, 1.807) is 0 Å². The molecule has 0 aliphatic carbocycles. The van der Waals surface area contributed by atoms with Crippen LogP contribution in [0.15, 0.2) is 18.2 Å². The monoisotopic (exact) mass is 395 g/mol. The van der Waals surface area contributed by atoms with Crippen LogP contribution in [0.5, 0.6) is 5.75 Å². The number of hydrogen-bond acceptors (Lipinski definition) is 2. The van der Waals surface area contributed by atoms with E-state index in [2.05, 4.69) is 10.8 Å². The van der Waals surface area contributed by atoms with Crippen LogP contribution >= 0.6 is 0 Å². The molecule has 0 saturated carbocycles. The molecule has 0 amide bonds. The van der Waals surface area contributed by atoms with Gasteiger partial charge in [0.05, 0.1) is 0 Å². The Kier molecular flexibility index (Phi) is 5.27. The summed E-state index contributed by atoms with van der Waals surface area (Å²) in [7, 11) is 0. The molecule has 0 bridgehead atoms. The van der Waals surface area contributed by atoms with E-state index in [-0.39, 0.29) is 42.6 Å². The molecular formula is C7H5F2NOU. The average Bonchev–Trinajstić information content (AvgIpc) is 1.85. The molecule has 0 radical (unpaired) electrons. The molecule has 5 heteroatoms. The molecule has 0 fully saturated rings. The summed E-state index contributed by atoms with van der Waals surface area (Å²) in [6.45, 7) is -2.12. The van der Waals surface area contributed by atoms with Gasteiger partial charge in [0.1, 0.15) is 0 Å². The Labute approximate surface area is 92.5 Å². The quantitative estimate of drug-likeness (QED) is 0.613. The van der Waals surface area contributed by atoms with Gasteiger partial charge < -0.3 is 19.3 Å². The van der Waals surface area contributed by atoms with Gasteiger partial charge in [0.25, 0.3) is 0 Å². The number of ether oxygens (including phenoxy) is 1. The third kappa shape index (κ3) is 3.94. The number of halogens is 2. The molecule has 0 heterocycles. The Balaban J connectivity index is 0.00000121. The van der Waals surface area contributed by atoms with Gasteiger partial charge in [-0.05, 0) is 5.75 Å². The maximum Gasteiger partial charge on any atom is 2.00 e. The van der Waals surface area contributed by atoms with Crippen molar-refractivity contribution in [2.24, 2.45) is 0 Å². The summed E-state index contributed by atoms with van der Waals surface area (Å²) in [5.41, 5.74) is 5.51. The normalized spacial score (nSPS) is 9.25. The SMILES string of the molecule is Nc1[c-]c(O[C-](F)F)ccc1.[U+2]. The van der Waals surface area contributed by atoms with E-state index in [0.29, 0.717) is 0 Å². The van der Waals surface area contributed by atoms with Gasteiger partial charge in [-0.15, -0.1) is 18.2 Å². The summed E-state index contributed by atoms with van der Waals surface area (Å²) in [4.78, 5) is 0. The molecular weight excluding hydrogens is 390 g/mol. The van der Waals surface area contributed by atoms with Crippen LogP contribution in [0, 0.1) is 43.8 Å². The molecule has 0 aliphatic rings. The standard InChI is InChI=1S/C7H5F2NO.U/c8-7(9)11-6-3-1-2-5(10)4-6;/h1-3H,10H2;/q-2;+2. The van der Waals surface area contributed by atoms with E-state index >= 15 is 0 Å². The summed E-state index contributed by atoms with van der Waals surface area (Å²) in [5.74, 6) is -0.0787. The molecule has 2 N–H and O–H groups in total. The second kappa shape index (κ2) is 5.39. The fraction of sp³-hybridized carbons (Fsp3) is 0. The van der Waals surface area contributed by atoms with Crippen LogP contribution in [0.25, 0.3) is 0 Å². The van der Waals surface area contributed by atoms with Gasteiger partial charge in [-0.3, -0.25) is 0 Å². The largest absolute Gasteiger partial charge is 2.00 e. The van der Waals surface area contributed by atoms with E-state index in [4.69, 9.17) is 5.73 Å². The summed E-state index contributed by atoms with van der Waals surface area (Å²) in [6, 6.07) is 6.77. The minimum atomic E-state index is -2.12. The van der Waals surface area contributed by atoms with Crippen molar-refractivity contribution in [1.29, 1.82) is 0 Å². The van der Waals surface area contributed by atoms with Gasteiger partial charge in [-0.25, -0.2) is 0 Å². The summed E-state index contributed by atoms with van der Waals surface area (Å²) in [6.07, 6.45) is 0. The van der Waals surface area contributed by atoms with E-state index in [9.17, 15) is 8.78 Å². The number of hydrogen-bond donors (Lipinski definition) is 1. The summed E-state index contributed by atoms with van der Waals surface area (Å²) in [5, 5.41) is 0. The van der Waals surface area contributed by atoms with Crippen molar-refractivity contribution in [3.8, 4) is 5.75 Å². The molecule has 2 nitrogen and oxygen atoms in total. The Morgan fingerprint density at radius 3 is 2.58 bits per heavy atom. The first-order chi connectivity index (χ1) is 5.18. The van der Waals surface area contributed by atoms with Crippen LogP contribution in [0.2, 0.25) is 0 Å². The number of nitrogen functional groups attached to an aromatic ring is 1. The van der Waals surface area contributed by atoms with E-state index in [0.717, 1.165) is 0 Å². The van der Waals surface area contributed by atoms with Gasteiger partial charge in [-0.1, -0.05) is 5.69 Å². The van der Waals surface area contributed by atoms with Crippen molar-refractivity contribution < 1.29 is 44.6 Å². The smallest absolute Gasteiger partial charge is 0.618 e. The van der Waals surface area contributed by atoms with Gasteiger partial charge in [0.2, 0.25) is 0 Å². The van der Waals surface area contributed by atoms with Gasteiger partial charge in [-0.2, -0.15) is 6.07 Å². The average molecular weight is 395 g/mol. The molecule has 0 aromatic heterocycles. The molecule has 0 saturated heterocycles. The van der Waals surface area contributed by atoms with E-state index in [1.807, 2.05) is 0 Å². The summed E-state index contributed by atoms with van der Waals surface area (Å²) < 4.78 is 26.9. The van der Waals surface area contributed by atoms with Crippen LogP contribution < -0.4 is 10.5 Å². The Bertz CT molecular complexity index is 245. The predicted molar refractivity (Wildman–Crippen MR) is 35.8 cm³/mol.